The monoisotopic (exact) mass is 1120 g/mol. The van der Waals surface area contributed by atoms with E-state index in [1.807, 2.05) is 0 Å². The molecule has 0 saturated carbocycles. The Morgan fingerprint density at radius 1 is 0.259 bits per heavy atom. The standard InChI is InChI=1S/C75H128O6/c1-4-7-10-13-16-19-22-25-28-31-32-33-34-35-36-37-38-39-40-41-42-43-44-45-48-50-53-56-59-62-65-68-74(77)80-71-72(81-75(78)69-66-63-60-57-54-51-47-30-27-24-21-18-15-12-9-6-3)70-79-73(76)67-64-61-58-55-52-49-46-29-26-23-20-17-14-11-8-5-2/h7,10,16,19,25,28-30,32-33,35-36,38-39,41-42,46-47,72H,4-6,8-9,11-15,17-18,20-24,26-27,31,34,37,40,43-45,48-71H2,1-3H3/b10-7-,19-16-,28-25-,33-32-,36-35-,39-38-,42-41-,46-29-,47-30-. The Bertz CT molecular complexity index is 1620. The number of ether oxygens (including phenoxy) is 3. The van der Waals surface area contributed by atoms with Crippen molar-refractivity contribution in [3.8, 4) is 0 Å². The van der Waals surface area contributed by atoms with Gasteiger partial charge in [0.2, 0.25) is 0 Å². The summed E-state index contributed by atoms with van der Waals surface area (Å²) in [6.07, 6.45) is 93.9. The molecule has 0 aromatic heterocycles. The van der Waals surface area contributed by atoms with Gasteiger partial charge in [0.15, 0.2) is 6.10 Å². The average Bonchev–Trinajstić information content (AvgIpc) is 3.47. The lowest BCUT2D eigenvalue weighted by atomic mass is 10.1. The fraction of sp³-hybridized carbons (Fsp3) is 0.720. The third-order valence-corrected chi connectivity index (χ3v) is 14.7. The summed E-state index contributed by atoms with van der Waals surface area (Å²) in [4.78, 5) is 38.4. The fourth-order valence-corrected chi connectivity index (χ4v) is 9.59. The van der Waals surface area contributed by atoms with Crippen molar-refractivity contribution >= 4 is 17.9 Å². The molecule has 0 aliphatic heterocycles. The number of carbonyl (C=O) groups excluding carboxylic acids is 3. The number of carbonyl (C=O) groups is 3. The molecule has 6 heteroatoms. The maximum atomic E-state index is 12.9. The van der Waals surface area contributed by atoms with Gasteiger partial charge in [-0.25, -0.2) is 0 Å². The molecular formula is C75H128O6. The Morgan fingerprint density at radius 3 is 0.765 bits per heavy atom. The highest BCUT2D eigenvalue weighted by atomic mass is 16.6. The van der Waals surface area contributed by atoms with Crippen molar-refractivity contribution < 1.29 is 28.6 Å². The van der Waals surface area contributed by atoms with E-state index < -0.39 is 6.10 Å². The summed E-state index contributed by atoms with van der Waals surface area (Å²) in [5, 5.41) is 0. The van der Waals surface area contributed by atoms with Gasteiger partial charge in [-0.15, -0.1) is 0 Å². The first-order chi connectivity index (χ1) is 40.0. The van der Waals surface area contributed by atoms with Gasteiger partial charge in [0.1, 0.15) is 13.2 Å². The molecule has 0 rings (SSSR count). The number of rotatable bonds is 62. The lowest BCUT2D eigenvalue weighted by molar-refractivity contribution is -0.167. The summed E-state index contributed by atoms with van der Waals surface area (Å²) < 4.78 is 16.9. The molecule has 0 heterocycles. The molecule has 0 aromatic rings. The van der Waals surface area contributed by atoms with Crippen LogP contribution in [-0.2, 0) is 28.6 Å². The maximum Gasteiger partial charge on any atom is 0.306 e. The smallest absolute Gasteiger partial charge is 0.306 e. The van der Waals surface area contributed by atoms with Crippen LogP contribution in [0.25, 0.3) is 0 Å². The molecule has 6 nitrogen and oxygen atoms in total. The fourth-order valence-electron chi connectivity index (χ4n) is 9.59. The highest BCUT2D eigenvalue weighted by Gasteiger charge is 2.19. The van der Waals surface area contributed by atoms with Crippen LogP contribution >= 0.6 is 0 Å². The lowest BCUT2D eigenvalue weighted by Crippen LogP contribution is -2.30. The van der Waals surface area contributed by atoms with Crippen LogP contribution in [0.4, 0.5) is 0 Å². The molecule has 464 valence electrons. The predicted molar refractivity (Wildman–Crippen MR) is 353 cm³/mol. The largest absolute Gasteiger partial charge is 0.462 e. The summed E-state index contributed by atoms with van der Waals surface area (Å²) in [5.74, 6) is -0.897. The first kappa shape index (κ1) is 77.1. The summed E-state index contributed by atoms with van der Waals surface area (Å²) in [7, 11) is 0. The van der Waals surface area contributed by atoms with Gasteiger partial charge in [-0.1, -0.05) is 291 Å². The zero-order valence-electron chi connectivity index (χ0n) is 53.3. The van der Waals surface area contributed by atoms with Crippen LogP contribution in [0.15, 0.2) is 109 Å². The van der Waals surface area contributed by atoms with E-state index in [0.29, 0.717) is 19.3 Å². The zero-order chi connectivity index (χ0) is 58.5. The number of hydrogen-bond donors (Lipinski definition) is 0. The SMILES string of the molecule is CC/C=C\C/C=C\C/C=C\C/C=C\C/C=C\C/C=C\C/C=C\CCCCCCCCCCCC(=O)OCC(COC(=O)CCCCCCC/C=C\CCCCCCCCC)OC(=O)CCCCCCC/C=C\CCCCCCCCC. The zero-order valence-corrected chi connectivity index (χ0v) is 53.3. The minimum Gasteiger partial charge on any atom is -0.462 e. The van der Waals surface area contributed by atoms with Crippen LogP contribution in [0.5, 0.6) is 0 Å². The molecular weight excluding hydrogens is 997 g/mol. The molecule has 0 aliphatic rings. The van der Waals surface area contributed by atoms with Crippen LogP contribution in [-0.4, -0.2) is 37.2 Å². The van der Waals surface area contributed by atoms with Crippen molar-refractivity contribution in [1.82, 2.24) is 0 Å². The highest BCUT2D eigenvalue weighted by molar-refractivity contribution is 5.71. The van der Waals surface area contributed by atoms with Gasteiger partial charge >= 0.3 is 17.9 Å². The van der Waals surface area contributed by atoms with Gasteiger partial charge in [-0.05, 0) is 128 Å². The van der Waals surface area contributed by atoms with E-state index >= 15 is 0 Å². The highest BCUT2D eigenvalue weighted by Crippen LogP contribution is 2.16. The van der Waals surface area contributed by atoms with Crippen molar-refractivity contribution in [3.63, 3.8) is 0 Å². The van der Waals surface area contributed by atoms with Gasteiger partial charge in [0.25, 0.3) is 0 Å². The van der Waals surface area contributed by atoms with Crippen molar-refractivity contribution in [2.24, 2.45) is 0 Å². The van der Waals surface area contributed by atoms with Gasteiger partial charge in [-0.3, -0.25) is 14.4 Å². The van der Waals surface area contributed by atoms with E-state index in [-0.39, 0.29) is 31.1 Å². The van der Waals surface area contributed by atoms with Crippen LogP contribution < -0.4 is 0 Å². The average molecular weight is 1130 g/mol. The van der Waals surface area contributed by atoms with Crippen molar-refractivity contribution in [3.05, 3.63) is 109 Å². The Balaban J connectivity index is 4.32. The van der Waals surface area contributed by atoms with Crippen molar-refractivity contribution in [1.29, 1.82) is 0 Å². The molecule has 0 spiro atoms. The quantitative estimate of drug-likeness (QED) is 0.0261. The molecule has 0 bridgehead atoms. The van der Waals surface area contributed by atoms with Gasteiger partial charge < -0.3 is 14.2 Å². The van der Waals surface area contributed by atoms with E-state index in [9.17, 15) is 14.4 Å². The first-order valence-electron chi connectivity index (χ1n) is 34.4. The number of allylic oxidation sites excluding steroid dienone is 18. The molecule has 0 radical (unpaired) electrons. The third-order valence-electron chi connectivity index (χ3n) is 14.7. The molecule has 0 fully saturated rings. The number of hydrogen-bond acceptors (Lipinski definition) is 6. The molecule has 0 aromatic carbocycles. The van der Waals surface area contributed by atoms with Crippen LogP contribution in [0.1, 0.15) is 329 Å². The van der Waals surface area contributed by atoms with Gasteiger partial charge in [-0.2, -0.15) is 0 Å². The molecule has 0 saturated heterocycles. The molecule has 1 atom stereocenters. The Hall–Kier alpha value is -3.93. The van der Waals surface area contributed by atoms with E-state index in [0.717, 1.165) is 128 Å². The van der Waals surface area contributed by atoms with E-state index in [4.69, 9.17) is 14.2 Å². The molecule has 81 heavy (non-hydrogen) atoms. The Labute approximate surface area is 501 Å². The van der Waals surface area contributed by atoms with E-state index in [2.05, 4.69) is 130 Å². The van der Waals surface area contributed by atoms with Crippen molar-refractivity contribution in [2.75, 3.05) is 13.2 Å². The van der Waals surface area contributed by atoms with Gasteiger partial charge in [0, 0.05) is 19.3 Å². The van der Waals surface area contributed by atoms with Gasteiger partial charge in [0.05, 0.1) is 0 Å². The minimum absolute atomic E-state index is 0.0860. The molecule has 0 N–H and O–H groups in total. The van der Waals surface area contributed by atoms with E-state index in [1.54, 1.807) is 0 Å². The minimum atomic E-state index is -0.790. The van der Waals surface area contributed by atoms with Crippen molar-refractivity contribution in [2.45, 2.75) is 335 Å². The Kier molecular flexibility index (Phi) is 65.2. The second-order valence-electron chi connectivity index (χ2n) is 22.7. The molecule has 0 amide bonds. The second kappa shape index (κ2) is 68.6. The van der Waals surface area contributed by atoms with Crippen LogP contribution in [0.3, 0.4) is 0 Å². The topological polar surface area (TPSA) is 78.9 Å². The first-order valence-corrected chi connectivity index (χ1v) is 34.4. The predicted octanol–water partition coefficient (Wildman–Crippen LogP) is 23.8. The normalized spacial score (nSPS) is 12.8. The number of esters is 3. The summed E-state index contributed by atoms with van der Waals surface area (Å²) in [5.41, 5.74) is 0. The lowest BCUT2D eigenvalue weighted by Gasteiger charge is -2.18. The molecule has 0 aliphatic carbocycles. The summed E-state index contributed by atoms with van der Waals surface area (Å²) in [6.45, 7) is 6.53. The van der Waals surface area contributed by atoms with Crippen LogP contribution in [0, 0.1) is 0 Å². The van der Waals surface area contributed by atoms with E-state index in [1.165, 1.54) is 161 Å². The summed E-state index contributed by atoms with van der Waals surface area (Å²) >= 11 is 0. The molecule has 1 unspecified atom stereocenters. The summed E-state index contributed by atoms with van der Waals surface area (Å²) in [6, 6.07) is 0. The Morgan fingerprint density at radius 2 is 0.481 bits per heavy atom. The second-order valence-corrected chi connectivity index (χ2v) is 22.7. The maximum absolute atomic E-state index is 12.9. The third kappa shape index (κ3) is 66.8. The number of unbranched alkanes of at least 4 members (excludes halogenated alkanes) is 33. The van der Waals surface area contributed by atoms with Crippen LogP contribution in [0.2, 0.25) is 0 Å².